The second-order valence-corrected chi connectivity index (χ2v) is 4.64. The van der Waals surface area contributed by atoms with Crippen molar-refractivity contribution in [2.45, 2.75) is 25.4 Å². The quantitative estimate of drug-likeness (QED) is 0.689. The summed E-state index contributed by atoms with van der Waals surface area (Å²) < 4.78 is 0. The van der Waals surface area contributed by atoms with E-state index in [0.29, 0.717) is 19.4 Å². The van der Waals surface area contributed by atoms with Gasteiger partial charge in [-0.1, -0.05) is 30.3 Å². The van der Waals surface area contributed by atoms with Crippen LogP contribution in [0.25, 0.3) is 0 Å². The first-order chi connectivity index (χ1) is 9.65. The highest BCUT2D eigenvalue weighted by Crippen LogP contribution is 2.05. The predicted molar refractivity (Wildman–Crippen MR) is 72.5 cm³/mol. The molecule has 0 spiro atoms. The normalized spacial score (nSPS) is 17.4. The largest absolute Gasteiger partial charge is 0.350 e. The molecule has 20 heavy (non-hydrogen) atoms. The first-order valence-corrected chi connectivity index (χ1v) is 6.53. The van der Waals surface area contributed by atoms with Crippen molar-refractivity contribution >= 4 is 17.7 Å². The summed E-state index contributed by atoms with van der Waals surface area (Å²) >= 11 is 0. The topological polar surface area (TPSA) is 87.3 Å². The second-order valence-electron chi connectivity index (χ2n) is 4.64. The molecular formula is C14H17N3O3. The van der Waals surface area contributed by atoms with Crippen LogP contribution in [0.3, 0.4) is 0 Å². The Morgan fingerprint density at radius 1 is 1.20 bits per heavy atom. The fourth-order valence-corrected chi connectivity index (χ4v) is 1.96. The maximum Gasteiger partial charge on any atom is 0.243 e. The molecule has 1 aliphatic rings. The van der Waals surface area contributed by atoms with Gasteiger partial charge in [-0.3, -0.25) is 14.4 Å². The van der Waals surface area contributed by atoms with E-state index in [2.05, 4.69) is 16.0 Å². The third-order valence-electron chi connectivity index (χ3n) is 3.07. The minimum atomic E-state index is -0.510. The van der Waals surface area contributed by atoms with Crippen molar-refractivity contribution in [3.8, 4) is 0 Å². The van der Waals surface area contributed by atoms with Gasteiger partial charge in [-0.25, -0.2) is 0 Å². The van der Waals surface area contributed by atoms with Crippen LogP contribution in [-0.4, -0.2) is 30.3 Å². The van der Waals surface area contributed by atoms with Crippen LogP contribution >= 0.6 is 0 Å². The van der Waals surface area contributed by atoms with Crippen LogP contribution in [0.15, 0.2) is 30.3 Å². The van der Waals surface area contributed by atoms with Gasteiger partial charge in [0.1, 0.15) is 6.04 Å². The van der Waals surface area contributed by atoms with Crippen LogP contribution in [-0.2, 0) is 20.9 Å². The monoisotopic (exact) mass is 275 g/mol. The molecule has 106 valence electrons. The Hall–Kier alpha value is -2.37. The maximum atomic E-state index is 11.7. The molecule has 1 heterocycles. The maximum absolute atomic E-state index is 11.7. The molecule has 0 aliphatic carbocycles. The predicted octanol–water partition coefficient (Wildman–Crippen LogP) is -0.302. The highest BCUT2D eigenvalue weighted by molar-refractivity contribution is 5.92. The molecule has 6 nitrogen and oxygen atoms in total. The molecule has 1 aliphatic heterocycles. The number of nitrogens with one attached hydrogen (secondary N) is 3. The Morgan fingerprint density at radius 3 is 2.60 bits per heavy atom. The third-order valence-corrected chi connectivity index (χ3v) is 3.07. The minimum absolute atomic E-state index is 0.0853. The Balaban J connectivity index is 1.67. The molecule has 1 saturated heterocycles. The molecule has 0 unspecified atom stereocenters. The molecule has 6 heteroatoms. The fourth-order valence-electron chi connectivity index (χ4n) is 1.96. The van der Waals surface area contributed by atoms with Crippen molar-refractivity contribution < 1.29 is 14.4 Å². The van der Waals surface area contributed by atoms with E-state index in [1.54, 1.807) is 0 Å². The van der Waals surface area contributed by atoms with Crippen molar-refractivity contribution in [1.29, 1.82) is 0 Å². The van der Waals surface area contributed by atoms with Gasteiger partial charge in [0.25, 0.3) is 0 Å². The Bertz CT molecular complexity index is 502. The van der Waals surface area contributed by atoms with E-state index in [9.17, 15) is 14.4 Å². The van der Waals surface area contributed by atoms with E-state index in [1.807, 2.05) is 30.3 Å². The summed E-state index contributed by atoms with van der Waals surface area (Å²) in [6, 6.07) is 9.00. The number of carbonyl (C=O) groups is 3. The van der Waals surface area contributed by atoms with Gasteiger partial charge in [0.15, 0.2) is 0 Å². The van der Waals surface area contributed by atoms with Crippen LogP contribution < -0.4 is 16.0 Å². The Kier molecular flexibility index (Phi) is 4.70. The van der Waals surface area contributed by atoms with Crippen molar-refractivity contribution in [2.24, 2.45) is 0 Å². The molecule has 3 amide bonds. The van der Waals surface area contributed by atoms with Crippen LogP contribution in [0.5, 0.6) is 0 Å². The van der Waals surface area contributed by atoms with E-state index >= 15 is 0 Å². The number of carbonyl (C=O) groups excluding carboxylic acids is 3. The summed E-state index contributed by atoms with van der Waals surface area (Å²) in [4.78, 5) is 34.2. The van der Waals surface area contributed by atoms with E-state index < -0.39 is 6.04 Å². The summed E-state index contributed by atoms with van der Waals surface area (Å²) in [6.07, 6.45) is 0.842. The summed E-state index contributed by atoms with van der Waals surface area (Å²) in [5, 5.41) is 7.78. The van der Waals surface area contributed by atoms with Crippen LogP contribution in [0.4, 0.5) is 0 Å². The summed E-state index contributed by atoms with van der Waals surface area (Å²) in [5.41, 5.74) is 0.996. The minimum Gasteiger partial charge on any atom is -0.350 e. The molecule has 0 saturated carbocycles. The average Bonchev–Trinajstić information content (AvgIpc) is 2.90. The summed E-state index contributed by atoms with van der Waals surface area (Å²) in [5.74, 6) is -0.698. The van der Waals surface area contributed by atoms with Crippen LogP contribution in [0, 0.1) is 0 Å². The molecule has 0 radical (unpaired) electrons. The zero-order chi connectivity index (χ0) is 14.4. The molecule has 3 N–H and O–H groups in total. The molecule has 1 aromatic carbocycles. The van der Waals surface area contributed by atoms with Gasteiger partial charge in [0.2, 0.25) is 17.7 Å². The van der Waals surface area contributed by atoms with Crippen molar-refractivity contribution in [1.82, 2.24) is 16.0 Å². The highest BCUT2D eigenvalue weighted by Gasteiger charge is 2.27. The summed E-state index contributed by atoms with van der Waals surface area (Å²) in [7, 11) is 0. The number of rotatable bonds is 5. The van der Waals surface area contributed by atoms with Crippen LogP contribution in [0.1, 0.15) is 18.4 Å². The first-order valence-electron chi connectivity index (χ1n) is 6.53. The van der Waals surface area contributed by atoms with E-state index in [1.165, 1.54) is 0 Å². The molecule has 1 fully saturated rings. The lowest BCUT2D eigenvalue weighted by atomic mass is 10.2. The number of hydrogen-bond acceptors (Lipinski definition) is 3. The van der Waals surface area contributed by atoms with Gasteiger partial charge in [-0.2, -0.15) is 0 Å². The van der Waals surface area contributed by atoms with Gasteiger partial charge in [0, 0.05) is 13.0 Å². The standard InChI is InChI=1S/C14H17N3O3/c18-12-7-6-11(17-12)14(20)16-9-13(19)15-8-10-4-2-1-3-5-10/h1-5,11H,6-9H2,(H,15,19)(H,16,20)(H,17,18)/t11-/m0/s1. The summed E-state index contributed by atoms with van der Waals surface area (Å²) in [6.45, 7) is 0.341. The van der Waals surface area contributed by atoms with E-state index in [0.717, 1.165) is 5.56 Å². The van der Waals surface area contributed by atoms with Crippen molar-refractivity contribution in [3.05, 3.63) is 35.9 Å². The van der Waals surface area contributed by atoms with Gasteiger partial charge in [-0.05, 0) is 12.0 Å². The van der Waals surface area contributed by atoms with Crippen molar-refractivity contribution in [3.63, 3.8) is 0 Å². The molecule has 0 bridgehead atoms. The second kappa shape index (κ2) is 6.70. The van der Waals surface area contributed by atoms with Crippen molar-refractivity contribution in [2.75, 3.05) is 6.54 Å². The van der Waals surface area contributed by atoms with E-state index in [-0.39, 0.29) is 24.3 Å². The average molecular weight is 275 g/mol. The SMILES string of the molecule is O=C(CNC(=O)[C@@H]1CCC(=O)N1)NCc1ccccc1. The zero-order valence-electron chi connectivity index (χ0n) is 11.0. The highest BCUT2D eigenvalue weighted by atomic mass is 16.2. The van der Waals surface area contributed by atoms with Gasteiger partial charge in [0.05, 0.1) is 6.54 Å². The third kappa shape index (κ3) is 4.08. The molecular weight excluding hydrogens is 258 g/mol. The lowest BCUT2D eigenvalue weighted by Crippen LogP contribution is -2.45. The lowest BCUT2D eigenvalue weighted by molar-refractivity contribution is -0.128. The first kappa shape index (κ1) is 14.0. The van der Waals surface area contributed by atoms with Gasteiger partial charge >= 0.3 is 0 Å². The fraction of sp³-hybridized carbons (Fsp3) is 0.357. The lowest BCUT2D eigenvalue weighted by Gasteiger charge is -2.11. The molecule has 1 atom stereocenters. The Morgan fingerprint density at radius 2 is 1.95 bits per heavy atom. The smallest absolute Gasteiger partial charge is 0.243 e. The number of hydrogen-bond donors (Lipinski definition) is 3. The zero-order valence-corrected chi connectivity index (χ0v) is 11.0. The molecule has 0 aromatic heterocycles. The van der Waals surface area contributed by atoms with Gasteiger partial charge in [-0.15, -0.1) is 0 Å². The number of benzene rings is 1. The van der Waals surface area contributed by atoms with E-state index in [4.69, 9.17) is 0 Å². The molecule has 2 rings (SSSR count). The number of amides is 3. The Labute approximate surface area is 116 Å². The van der Waals surface area contributed by atoms with Gasteiger partial charge < -0.3 is 16.0 Å². The van der Waals surface area contributed by atoms with Crippen LogP contribution in [0.2, 0.25) is 0 Å². The molecule has 1 aromatic rings.